The van der Waals surface area contributed by atoms with Crippen molar-refractivity contribution in [1.82, 2.24) is 24.5 Å². The molecule has 0 amide bonds. The molecule has 3 rings (SSSR count). The molecule has 10 nitrogen and oxygen atoms in total. The number of hydrogen-bond acceptors (Lipinski definition) is 9. The summed E-state index contributed by atoms with van der Waals surface area (Å²) in [5, 5.41) is 12.6. The van der Waals surface area contributed by atoms with Gasteiger partial charge in [-0.1, -0.05) is 13.8 Å². The molecule has 0 spiro atoms. The molecule has 3 aromatic rings. The average molecular weight is 462 g/mol. The normalized spacial score (nSPS) is 12.7. The number of halogens is 1. The summed E-state index contributed by atoms with van der Waals surface area (Å²) in [4.78, 5) is 30.0. The maximum Gasteiger partial charge on any atom is 0.296 e. The van der Waals surface area contributed by atoms with Gasteiger partial charge in [0.25, 0.3) is 5.56 Å². The van der Waals surface area contributed by atoms with Gasteiger partial charge in [-0.15, -0.1) is 0 Å². The van der Waals surface area contributed by atoms with Gasteiger partial charge in [0.2, 0.25) is 5.28 Å². The SMILES string of the molecule is Cc1nc(Cl)nc2c1nc(NCc1ccc(S(C)(=O)=O)cn1)c(=O)n2[C@@H](C#N)C(C)C. The topological polar surface area (TPSA) is 144 Å². The van der Waals surface area contributed by atoms with Crippen molar-refractivity contribution in [2.24, 2.45) is 5.92 Å². The molecule has 3 heterocycles. The van der Waals surface area contributed by atoms with Crippen LogP contribution in [0.3, 0.4) is 0 Å². The maximum absolute atomic E-state index is 13.2. The van der Waals surface area contributed by atoms with E-state index in [0.29, 0.717) is 16.9 Å². The lowest BCUT2D eigenvalue weighted by molar-refractivity contribution is 0.457. The number of nitrogens with one attached hydrogen (secondary N) is 1. The highest BCUT2D eigenvalue weighted by Gasteiger charge is 2.24. The molecular weight excluding hydrogens is 442 g/mol. The second-order valence-electron chi connectivity index (χ2n) is 7.31. The Morgan fingerprint density at radius 1 is 1.26 bits per heavy atom. The van der Waals surface area contributed by atoms with Crippen LogP contribution in [0.4, 0.5) is 5.82 Å². The number of hydrogen-bond donors (Lipinski definition) is 1. The minimum atomic E-state index is -3.36. The smallest absolute Gasteiger partial charge is 0.296 e. The quantitative estimate of drug-likeness (QED) is 0.546. The summed E-state index contributed by atoms with van der Waals surface area (Å²) in [6.45, 7) is 5.44. The van der Waals surface area contributed by atoms with Gasteiger partial charge in [0.15, 0.2) is 21.3 Å². The number of nitrogens with zero attached hydrogens (tertiary/aromatic N) is 6. The Hall–Kier alpha value is -3.10. The monoisotopic (exact) mass is 461 g/mol. The molecular formula is C19H20ClN7O3S. The van der Waals surface area contributed by atoms with E-state index in [1.807, 2.05) is 13.8 Å². The van der Waals surface area contributed by atoms with E-state index in [0.717, 1.165) is 6.26 Å². The van der Waals surface area contributed by atoms with E-state index in [1.54, 1.807) is 13.0 Å². The van der Waals surface area contributed by atoms with Crippen molar-refractivity contribution in [2.75, 3.05) is 11.6 Å². The minimum absolute atomic E-state index is 0.00332. The summed E-state index contributed by atoms with van der Waals surface area (Å²) in [6, 6.07) is 4.34. The zero-order chi connectivity index (χ0) is 22.9. The highest BCUT2D eigenvalue weighted by atomic mass is 35.5. The van der Waals surface area contributed by atoms with E-state index >= 15 is 0 Å². The van der Waals surface area contributed by atoms with Crippen LogP contribution in [0.25, 0.3) is 11.2 Å². The molecule has 12 heteroatoms. The van der Waals surface area contributed by atoms with Crippen molar-refractivity contribution in [1.29, 1.82) is 5.26 Å². The Kier molecular flexibility index (Phi) is 6.24. The third kappa shape index (κ3) is 4.65. The van der Waals surface area contributed by atoms with Gasteiger partial charge in [-0.3, -0.25) is 14.3 Å². The third-order valence-electron chi connectivity index (χ3n) is 4.59. The lowest BCUT2D eigenvalue weighted by atomic mass is 10.1. The van der Waals surface area contributed by atoms with Crippen molar-refractivity contribution in [3.8, 4) is 6.07 Å². The molecule has 162 valence electrons. The molecule has 0 fully saturated rings. The van der Waals surface area contributed by atoms with E-state index in [4.69, 9.17) is 11.6 Å². The predicted molar refractivity (Wildman–Crippen MR) is 116 cm³/mol. The standard InChI is InChI=1S/C19H20ClN7O3S/c1-10(2)14(7-21)27-17-15(11(3)24-19(20)26-17)25-16(18(27)28)23-8-12-5-6-13(9-22-12)31(4,29)30/h5-6,9-10,14H,8H2,1-4H3,(H,23,25)/t14-/m0/s1. The molecule has 0 unspecified atom stereocenters. The van der Waals surface area contributed by atoms with Crippen LogP contribution in [0.5, 0.6) is 0 Å². The number of aromatic nitrogens is 5. The van der Waals surface area contributed by atoms with Gasteiger partial charge in [0.05, 0.1) is 28.9 Å². The molecule has 0 saturated heterocycles. The van der Waals surface area contributed by atoms with Gasteiger partial charge >= 0.3 is 0 Å². The minimum Gasteiger partial charge on any atom is -0.360 e. The van der Waals surface area contributed by atoms with Crippen LogP contribution >= 0.6 is 11.6 Å². The van der Waals surface area contributed by atoms with E-state index < -0.39 is 21.4 Å². The Bertz CT molecular complexity index is 1350. The number of fused-ring (bicyclic) bond motifs is 1. The van der Waals surface area contributed by atoms with Crippen LogP contribution in [0, 0.1) is 24.2 Å². The van der Waals surface area contributed by atoms with Gasteiger partial charge in [-0.2, -0.15) is 10.2 Å². The number of nitriles is 1. The zero-order valence-corrected chi connectivity index (χ0v) is 18.9. The highest BCUT2D eigenvalue weighted by molar-refractivity contribution is 7.90. The van der Waals surface area contributed by atoms with Gasteiger partial charge in [-0.05, 0) is 36.6 Å². The number of aryl methyl sites for hydroxylation is 1. The van der Waals surface area contributed by atoms with Crippen molar-refractivity contribution in [2.45, 2.75) is 38.3 Å². The Morgan fingerprint density at radius 3 is 2.52 bits per heavy atom. The van der Waals surface area contributed by atoms with Crippen LogP contribution in [0.2, 0.25) is 5.28 Å². The fourth-order valence-electron chi connectivity index (χ4n) is 2.97. The van der Waals surface area contributed by atoms with Crippen molar-refractivity contribution >= 4 is 38.4 Å². The Labute approximate surface area is 183 Å². The van der Waals surface area contributed by atoms with Gasteiger partial charge in [0.1, 0.15) is 11.6 Å². The molecule has 0 saturated carbocycles. The van der Waals surface area contributed by atoms with Crippen LogP contribution in [-0.2, 0) is 16.4 Å². The molecule has 0 bridgehead atoms. The summed E-state index contributed by atoms with van der Waals surface area (Å²) >= 11 is 5.99. The van der Waals surface area contributed by atoms with Crippen molar-refractivity contribution < 1.29 is 8.42 Å². The van der Waals surface area contributed by atoms with Crippen LogP contribution in [0.15, 0.2) is 28.0 Å². The first kappa shape index (κ1) is 22.6. The third-order valence-corrected chi connectivity index (χ3v) is 5.86. The molecule has 1 N–H and O–H groups in total. The van der Waals surface area contributed by atoms with E-state index in [1.165, 1.54) is 16.8 Å². The molecule has 0 aliphatic carbocycles. The number of rotatable bonds is 6. The number of pyridine rings is 1. The molecule has 0 aliphatic heterocycles. The lowest BCUT2D eigenvalue weighted by Crippen LogP contribution is -2.31. The maximum atomic E-state index is 13.2. The average Bonchev–Trinajstić information content (AvgIpc) is 2.68. The summed E-state index contributed by atoms with van der Waals surface area (Å²) < 4.78 is 24.4. The molecule has 0 radical (unpaired) electrons. The summed E-state index contributed by atoms with van der Waals surface area (Å²) in [5.74, 6) is -0.184. The van der Waals surface area contributed by atoms with E-state index in [-0.39, 0.29) is 34.1 Å². The predicted octanol–water partition coefficient (Wildman–Crippen LogP) is 2.28. The molecule has 0 aliphatic rings. The Morgan fingerprint density at radius 2 is 1.97 bits per heavy atom. The first-order valence-corrected chi connectivity index (χ1v) is 11.5. The first-order valence-electron chi connectivity index (χ1n) is 9.27. The second-order valence-corrected chi connectivity index (χ2v) is 9.67. The summed E-state index contributed by atoms with van der Waals surface area (Å²) in [6.07, 6.45) is 2.35. The fraction of sp³-hybridized carbons (Fsp3) is 0.368. The number of anilines is 1. The highest BCUT2D eigenvalue weighted by Crippen LogP contribution is 2.23. The Balaban J connectivity index is 2.08. The first-order chi connectivity index (χ1) is 14.5. The summed E-state index contributed by atoms with van der Waals surface area (Å²) in [5.41, 5.74) is 0.958. The van der Waals surface area contributed by atoms with Crippen molar-refractivity contribution in [3.63, 3.8) is 0 Å². The molecule has 3 aromatic heterocycles. The molecule has 31 heavy (non-hydrogen) atoms. The van der Waals surface area contributed by atoms with Gasteiger partial charge in [0, 0.05) is 12.5 Å². The zero-order valence-electron chi connectivity index (χ0n) is 17.3. The second kappa shape index (κ2) is 8.56. The van der Waals surface area contributed by atoms with Crippen LogP contribution < -0.4 is 10.9 Å². The summed E-state index contributed by atoms with van der Waals surface area (Å²) in [7, 11) is -3.36. The van der Waals surface area contributed by atoms with E-state index in [9.17, 15) is 18.5 Å². The lowest BCUT2D eigenvalue weighted by Gasteiger charge is -2.19. The molecule has 1 atom stereocenters. The van der Waals surface area contributed by atoms with Crippen LogP contribution in [0.1, 0.15) is 31.3 Å². The van der Waals surface area contributed by atoms with Gasteiger partial charge in [-0.25, -0.2) is 18.4 Å². The molecule has 0 aromatic carbocycles. The fourth-order valence-corrected chi connectivity index (χ4v) is 3.74. The largest absolute Gasteiger partial charge is 0.360 e. The van der Waals surface area contributed by atoms with Crippen LogP contribution in [-0.4, -0.2) is 39.2 Å². The number of sulfone groups is 1. The van der Waals surface area contributed by atoms with E-state index in [2.05, 4.69) is 31.3 Å². The van der Waals surface area contributed by atoms with Crippen molar-refractivity contribution in [3.05, 3.63) is 45.4 Å². The van der Waals surface area contributed by atoms with Gasteiger partial charge < -0.3 is 5.32 Å².